The van der Waals surface area contributed by atoms with Crippen LogP contribution < -0.4 is 0 Å². The molecule has 2 aromatic heterocycles. The normalized spacial score (nSPS) is 23.2. The van der Waals surface area contributed by atoms with E-state index in [0.717, 1.165) is 37.1 Å². The Morgan fingerprint density at radius 1 is 1.22 bits per heavy atom. The molecule has 0 saturated heterocycles. The number of hydrogen-bond acceptors (Lipinski definition) is 3. The van der Waals surface area contributed by atoms with Crippen molar-refractivity contribution in [1.82, 2.24) is 9.97 Å². The van der Waals surface area contributed by atoms with E-state index in [2.05, 4.69) is 39.6 Å². The second kappa shape index (κ2) is 6.10. The van der Waals surface area contributed by atoms with Crippen molar-refractivity contribution in [2.45, 2.75) is 44.6 Å². The summed E-state index contributed by atoms with van der Waals surface area (Å²) in [5.41, 5.74) is 3.33. The van der Waals surface area contributed by atoms with Gasteiger partial charge in [-0.3, -0.25) is 0 Å². The number of aliphatic hydroxyl groups is 1. The molecule has 1 aliphatic carbocycles. The summed E-state index contributed by atoms with van der Waals surface area (Å²) in [5, 5.41) is 14.4. The Morgan fingerprint density at radius 2 is 2.00 bits per heavy atom. The summed E-state index contributed by atoms with van der Waals surface area (Å²) in [4.78, 5) is 7.37. The molecule has 1 fully saturated rings. The van der Waals surface area contributed by atoms with Crippen molar-refractivity contribution < 1.29 is 5.11 Å². The van der Waals surface area contributed by atoms with Gasteiger partial charge in [0.05, 0.1) is 12.0 Å². The van der Waals surface area contributed by atoms with Gasteiger partial charge in [0.25, 0.3) is 0 Å². The first-order valence-electron chi connectivity index (χ1n) is 8.38. The maximum Gasteiger partial charge on any atom is 0.101 e. The number of aliphatic hydroxyl groups excluding tert-OH is 1. The van der Waals surface area contributed by atoms with Crippen molar-refractivity contribution in [3.8, 4) is 0 Å². The number of benzene rings is 1. The number of aromatic nitrogens is 2. The van der Waals surface area contributed by atoms with Crippen LogP contribution >= 0.6 is 11.3 Å². The van der Waals surface area contributed by atoms with Crippen molar-refractivity contribution in [2.24, 2.45) is 5.92 Å². The summed E-state index contributed by atoms with van der Waals surface area (Å²) >= 11 is 1.85. The molecule has 2 heterocycles. The van der Waals surface area contributed by atoms with Gasteiger partial charge in [-0.15, -0.1) is 11.3 Å². The Hall–Kier alpha value is -1.65. The molecule has 4 rings (SSSR count). The zero-order valence-corrected chi connectivity index (χ0v) is 14.1. The summed E-state index contributed by atoms with van der Waals surface area (Å²) < 4.78 is 1.39. The lowest BCUT2D eigenvalue weighted by atomic mass is 9.76. The molecule has 0 radical (unpaired) electrons. The lowest BCUT2D eigenvalue weighted by molar-refractivity contribution is 0.0772. The van der Waals surface area contributed by atoms with Gasteiger partial charge < -0.3 is 10.1 Å². The highest BCUT2D eigenvalue weighted by molar-refractivity contribution is 7.17. The number of nitrogens with zero attached hydrogens (tertiary/aromatic N) is 1. The lowest BCUT2D eigenvalue weighted by Gasteiger charge is -2.31. The molecule has 1 aromatic carbocycles. The molecular weight excluding hydrogens is 304 g/mol. The molecule has 0 aliphatic heterocycles. The van der Waals surface area contributed by atoms with E-state index in [9.17, 15) is 5.11 Å². The standard InChI is InChI=1S/C19H22N2OS/c1-12-18(21-11-20-12)19(22)14-8-6-13(7-9-14)16-10-23-17-5-3-2-4-15(16)17/h2-5,10-11,13-14,19,22H,6-9H2,1H3,(H,20,21). The van der Waals surface area contributed by atoms with Gasteiger partial charge in [-0.1, -0.05) is 18.2 Å². The number of imidazole rings is 1. The van der Waals surface area contributed by atoms with Crippen LogP contribution in [0.1, 0.15) is 54.7 Å². The number of aryl methyl sites for hydroxylation is 1. The Balaban J connectivity index is 1.48. The van der Waals surface area contributed by atoms with Crippen LogP contribution in [0.25, 0.3) is 10.1 Å². The van der Waals surface area contributed by atoms with E-state index >= 15 is 0 Å². The fourth-order valence-corrected chi connectivity index (χ4v) is 4.99. The van der Waals surface area contributed by atoms with E-state index in [0.29, 0.717) is 11.8 Å². The van der Waals surface area contributed by atoms with Gasteiger partial charge in [-0.25, -0.2) is 4.98 Å². The van der Waals surface area contributed by atoms with E-state index < -0.39 is 6.10 Å². The minimum Gasteiger partial charge on any atom is -0.386 e. The molecule has 120 valence electrons. The highest BCUT2D eigenvalue weighted by Gasteiger charge is 2.30. The van der Waals surface area contributed by atoms with Gasteiger partial charge in [0.1, 0.15) is 6.10 Å². The first-order valence-corrected chi connectivity index (χ1v) is 9.26. The Morgan fingerprint density at radius 3 is 2.74 bits per heavy atom. The molecule has 4 heteroatoms. The fourth-order valence-electron chi connectivity index (χ4n) is 3.95. The lowest BCUT2D eigenvalue weighted by Crippen LogP contribution is -2.20. The summed E-state index contributed by atoms with van der Waals surface area (Å²) in [7, 11) is 0. The second-order valence-corrected chi connectivity index (χ2v) is 7.57. The molecule has 1 saturated carbocycles. The Labute approximate surface area is 140 Å². The highest BCUT2D eigenvalue weighted by Crippen LogP contribution is 2.43. The maximum atomic E-state index is 10.6. The smallest absolute Gasteiger partial charge is 0.101 e. The number of aromatic amines is 1. The molecule has 0 bridgehead atoms. The van der Waals surface area contributed by atoms with Crippen LogP contribution in [0, 0.1) is 12.8 Å². The SMILES string of the molecule is Cc1[nH]cnc1C(O)C1CCC(c2csc3ccccc23)CC1. The molecule has 3 nitrogen and oxygen atoms in total. The van der Waals surface area contributed by atoms with E-state index in [1.54, 1.807) is 6.33 Å². The van der Waals surface area contributed by atoms with Gasteiger partial charge >= 0.3 is 0 Å². The van der Waals surface area contributed by atoms with E-state index in [1.165, 1.54) is 15.6 Å². The molecule has 0 amide bonds. The van der Waals surface area contributed by atoms with Crippen molar-refractivity contribution >= 4 is 21.4 Å². The van der Waals surface area contributed by atoms with Crippen molar-refractivity contribution in [2.75, 3.05) is 0 Å². The van der Waals surface area contributed by atoms with Crippen LogP contribution in [0.2, 0.25) is 0 Å². The monoisotopic (exact) mass is 326 g/mol. The van der Waals surface area contributed by atoms with Crippen LogP contribution in [-0.4, -0.2) is 15.1 Å². The highest BCUT2D eigenvalue weighted by atomic mass is 32.1. The number of fused-ring (bicyclic) bond motifs is 1. The van der Waals surface area contributed by atoms with Crippen molar-refractivity contribution in [1.29, 1.82) is 0 Å². The zero-order chi connectivity index (χ0) is 15.8. The average Bonchev–Trinajstić information content (AvgIpc) is 3.20. The third-order valence-corrected chi connectivity index (χ3v) is 6.30. The minimum absolute atomic E-state index is 0.332. The Kier molecular flexibility index (Phi) is 3.95. The minimum atomic E-state index is -0.429. The topological polar surface area (TPSA) is 48.9 Å². The molecular formula is C19H22N2OS. The van der Waals surface area contributed by atoms with Crippen LogP contribution in [0.15, 0.2) is 36.0 Å². The van der Waals surface area contributed by atoms with Gasteiger partial charge in [-0.2, -0.15) is 0 Å². The third-order valence-electron chi connectivity index (χ3n) is 5.32. The summed E-state index contributed by atoms with van der Waals surface area (Å²) in [6.07, 6.45) is 5.71. The van der Waals surface area contributed by atoms with Gasteiger partial charge in [-0.05, 0) is 66.8 Å². The molecule has 23 heavy (non-hydrogen) atoms. The average molecular weight is 326 g/mol. The summed E-state index contributed by atoms with van der Waals surface area (Å²) in [6, 6.07) is 8.70. The van der Waals surface area contributed by atoms with E-state index in [-0.39, 0.29) is 0 Å². The Bertz CT molecular complexity index is 798. The number of hydrogen-bond donors (Lipinski definition) is 2. The predicted molar refractivity (Wildman–Crippen MR) is 94.8 cm³/mol. The summed E-state index contributed by atoms with van der Waals surface area (Å²) in [5.74, 6) is 0.966. The summed E-state index contributed by atoms with van der Waals surface area (Å²) in [6.45, 7) is 1.98. The molecule has 2 N–H and O–H groups in total. The molecule has 1 unspecified atom stereocenters. The zero-order valence-electron chi connectivity index (χ0n) is 13.3. The number of rotatable bonds is 3. The predicted octanol–water partition coefficient (Wildman–Crippen LogP) is 4.94. The van der Waals surface area contributed by atoms with Gasteiger partial charge in [0.2, 0.25) is 0 Å². The molecule has 3 aromatic rings. The molecule has 1 aliphatic rings. The first kappa shape index (κ1) is 14.9. The second-order valence-electron chi connectivity index (χ2n) is 6.66. The number of thiophene rings is 1. The van der Waals surface area contributed by atoms with E-state index in [1.807, 2.05) is 18.3 Å². The van der Waals surface area contributed by atoms with Gasteiger partial charge in [0, 0.05) is 10.4 Å². The van der Waals surface area contributed by atoms with E-state index in [4.69, 9.17) is 0 Å². The van der Waals surface area contributed by atoms with Crippen molar-refractivity contribution in [3.63, 3.8) is 0 Å². The largest absolute Gasteiger partial charge is 0.386 e. The number of H-pyrrole nitrogens is 1. The van der Waals surface area contributed by atoms with Crippen LogP contribution in [0.4, 0.5) is 0 Å². The molecule has 1 atom stereocenters. The molecule has 0 spiro atoms. The van der Waals surface area contributed by atoms with Crippen molar-refractivity contribution in [3.05, 3.63) is 52.9 Å². The fraction of sp³-hybridized carbons (Fsp3) is 0.421. The third kappa shape index (κ3) is 2.70. The van der Waals surface area contributed by atoms with Crippen LogP contribution in [0.5, 0.6) is 0 Å². The number of nitrogens with one attached hydrogen (secondary N) is 1. The quantitative estimate of drug-likeness (QED) is 0.716. The van der Waals surface area contributed by atoms with Crippen LogP contribution in [-0.2, 0) is 0 Å². The van der Waals surface area contributed by atoms with Crippen LogP contribution in [0.3, 0.4) is 0 Å². The maximum absolute atomic E-state index is 10.6. The first-order chi connectivity index (χ1) is 11.2. The van der Waals surface area contributed by atoms with Gasteiger partial charge in [0.15, 0.2) is 0 Å².